The summed E-state index contributed by atoms with van der Waals surface area (Å²) in [7, 11) is 0. The summed E-state index contributed by atoms with van der Waals surface area (Å²) in [6.45, 7) is 6.74. The van der Waals surface area contributed by atoms with Crippen molar-refractivity contribution < 1.29 is 13.6 Å². The third kappa shape index (κ3) is 4.38. The molecule has 0 aliphatic carbocycles. The molecule has 152 valence electrons. The van der Waals surface area contributed by atoms with Gasteiger partial charge in [0.05, 0.1) is 0 Å². The van der Waals surface area contributed by atoms with Gasteiger partial charge < -0.3 is 14.6 Å². The molecule has 29 heavy (non-hydrogen) atoms. The van der Waals surface area contributed by atoms with E-state index in [1.165, 1.54) is 12.1 Å². The standard InChI is InChI=1S/C22H23ClFN3O2/c1-15-19-14-16(23)2-7-20(19)29-21(15)22(28)25-8-9-26-10-12-27(13-11-26)18-5-3-17(24)4-6-18/h2-7,14H,8-13H2,1H3,(H,25,28). The van der Waals surface area contributed by atoms with E-state index in [9.17, 15) is 9.18 Å². The van der Waals surface area contributed by atoms with Gasteiger partial charge >= 0.3 is 0 Å². The Morgan fingerprint density at radius 3 is 2.59 bits per heavy atom. The summed E-state index contributed by atoms with van der Waals surface area (Å²) in [6, 6.07) is 12.0. The van der Waals surface area contributed by atoms with Crippen LogP contribution in [0.3, 0.4) is 0 Å². The predicted molar refractivity (Wildman–Crippen MR) is 113 cm³/mol. The fraction of sp³-hybridized carbons (Fsp3) is 0.318. The van der Waals surface area contributed by atoms with Gasteiger partial charge in [-0.05, 0) is 49.4 Å². The lowest BCUT2D eigenvalue weighted by atomic mass is 10.1. The first kappa shape index (κ1) is 19.7. The van der Waals surface area contributed by atoms with Crippen LogP contribution < -0.4 is 10.2 Å². The van der Waals surface area contributed by atoms with E-state index in [4.69, 9.17) is 16.0 Å². The first-order valence-corrected chi connectivity index (χ1v) is 10.1. The molecular weight excluding hydrogens is 393 g/mol. The second-order valence-electron chi connectivity index (χ2n) is 7.26. The SMILES string of the molecule is Cc1c(C(=O)NCCN2CCN(c3ccc(F)cc3)CC2)oc2ccc(Cl)cc12. The number of carbonyl (C=O) groups excluding carboxylic acids is 1. The summed E-state index contributed by atoms with van der Waals surface area (Å²) in [4.78, 5) is 17.1. The molecule has 3 aromatic rings. The molecule has 0 radical (unpaired) electrons. The van der Waals surface area contributed by atoms with E-state index in [0.29, 0.717) is 22.9 Å². The molecule has 2 aromatic carbocycles. The number of halogens is 2. The van der Waals surface area contributed by atoms with Crippen LogP contribution in [0.5, 0.6) is 0 Å². The van der Waals surface area contributed by atoms with Gasteiger partial charge in [0, 0.05) is 60.9 Å². The summed E-state index contributed by atoms with van der Waals surface area (Å²) >= 11 is 6.04. The Balaban J connectivity index is 1.27. The molecule has 1 N–H and O–H groups in total. The maximum absolute atomic E-state index is 13.1. The van der Waals surface area contributed by atoms with Crippen LogP contribution in [0.4, 0.5) is 10.1 Å². The number of carbonyl (C=O) groups is 1. The largest absolute Gasteiger partial charge is 0.451 e. The van der Waals surface area contributed by atoms with E-state index >= 15 is 0 Å². The zero-order chi connectivity index (χ0) is 20.4. The number of rotatable bonds is 5. The van der Waals surface area contributed by atoms with Crippen LogP contribution in [-0.4, -0.2) is 50.1 Å². The number of anilines is 1. The Morgan fingerprint density at radius 2 is 1.86 bits per heavy atom. The molecule has 7 heteroatoms. The van der Waals surface area contributed by atoms with Crippen molar-refractivity contribution in [3.05, 3.63) is 64.6 Å². The van der Waals surface area contributed by atoms with E-state index in [2.05, 4.69) is 15.1 Å². The van der Waals surface area contributed by atoms with Crippen molar-refractivity contribution in [1.29, 1.82) is 0 Å². The highest BCUT2D eigenvalue weighted by Gasteiger charge is 2.19. The minimum absolute atomic E-state index is 0.209. The highest BCUT2D eigenvalue weighted by Crippen LogP contribution is 2.27. The molecule has 0 spiro atoms. The summed E-state index contributed by atoms with van der Waals surface area (Å²) in [5.74, 6) is -0.0888. The molecule has 1 aliphatic heterocycles. The van der Waals surface area contributed by atoms with Gasteiger partial charge in [-0.1, -0.05) is 11.6 Å². The maximum atomic E-state index is 13.1. The van der Waals surface area contributed by atoms with Gasteiger partial charge in [-0.25, -0.2) is 4.39 Å². The number of benzene rings is 2. The lowest BCUT2D eigenvalue weighted by Gasteiger charge is -2.36. The Hall–Kier alpha value is -2.57. The number of nitrogens with one attached hydrogen (secondary N) is 1. The van der Waals surface area contributed by atoms with Crippen LogP contribution in [0.25, 0.3) is 11.0 Å². The average molecular weight is 416 g/mol. The third-order valence-electron chi connectivity index (χ3n) is 5.38. The number of amides is 1. The first-order chi connectivity index (χ1) is 14.0. The normalized spacial score (nSPS) is 15.1. The summed E-state index contributed by atoms with van der Waals surface area (Å²) < 4.78 is 18.8. The number of fused-ring (bicyclic) bond motifs is 1. The molecule has 1 fully saturated rings. The highest BCUT2D eigenvalue weighted by molar-refractivity contribution is 6.31. The van der Waals surface area contributed by atoms with Crippen molar-refractivity contribution >= 4 is 34.2 Å². The van der Waals surface area contributed by atoms with Crippen LogP contribution in [0.15, 0.2) is 46.9 Å². The second kappa shape index (κ2) is 8.43. The van der Waals surface area contributed by atoms with Crippen LogP contribution in [-0.2, 0) is 0 Å². The number of nitrogens with zero attached hydrogens (tertiary/aromatic N) is 2. The van der Waals surface area contributed by atoms with E-state index in [0.717, 1.165) is 49.4 Å². The lowest BCUT2D eigenvalue weighted by Crippen LogP contribution is -2.48. The predicted octanol–water partition coefficient (Wildman–Crippen LogP) is 4.09. The smallest absolute Gasteiger partial charge is 0.287 e. The fourth-order valence-electron chi connectivity index (χ4n) is 3.70. The summed E-state index contributed by atoms with van der Waals surface area (Å²) in [5.41, 5.74) is 2.50. The monoisotopic (exact) mass is 415 g/mol. The van der Waals surface area contributed by atoms with Gasteiger partial charge in [-0.2, -0.15) is 0 Å². The number of piperazine rings is 1. The second-order valence-corrected chi connectivity index (χ2v) is 7.69. The van der Waals surface area contributed by atoms with E-state index < -0.39 is 0 Å². The minimum atomic E-state index is -0.217. The topological polar surface area (TPSA) is 48.7 Å². The molecule has 1 aliphatic rings. The molecule has 2 heterocycles. The van der Waals surface area contributed by atoms with Crippen LogP contribution in [0, 0.1) is 12.7 Å². The minimum Gasteiger partial charge on any atom is -0.451 e. The van der Waals surface area contributed by atoms with E-state index in [1.807, 2.05) is 25.1 Å². The molecule has 0 bridgehead atoms. The quantitative estimate of drug-likeness (QED) is 0.682. The Morgan fingerprint density at radius 1 is 1.14 bits per heavy atom. The average Bonchev–Trinajstić information content (AvgIpc) is 3.05. The Kier molecular flexibility index (Phi) is 5.74. The molecular formula is C22H23ClFN3O2. The zero-order valence-electron chi connectivity index (χ0n) is 16.3. The van der Waals surface area contributed by atoms with E-state index in [-0.39, 0.29) is 11.7 Å². The van der Waals surface area contributed by atoms with Crippen LogP contribution >= 0.6 is 11.6 Å². The van der Waals surface area contributed by atoms with Crippen molar-refractivity contribution in [3.8, 4) is 0 Å². The molecule has 5 nitrogen and oxygen atoms in total. The first-order valence-electron chi connectivity index (χ1n) is 9.71. The molecule has 1 amide bonds. The Labute approximate surface area is 174 Å². The molecule has 1 saturated heterocycles. The fourth-order valence-corrected chi connectivity index (χ4v) is 3.87. The highest BCUT2D eigenvalue weighted by atomic mass is 35.5. The number of furan rings is 1. The van der Waals surface area contributed by atoms with Gasteiger partial charge in [-0.15, -0.1) is 0 Å². The lowest BCUT2D eigenvalue weighted by molar-refractivity contribution is 0.0921. The van der Waals surface area contributed by atoms with E-state index in [1.54, 1.807) is 12.1 Å². The molecule has 4 rings (SSSR count). The van der Waals surface area contributed by atoms with Crippen molar-refractivity contribution in [1.82, 2.24) is 10.2 Å². The maximum Gasteiger partial charge on any atom is 0.287 e. The van der Waals surface area contributed by atoms with Gasteiger partial charge in [-0.3, -0.25) is 9.69 Å². The van der Waals surface area contributed by atoms with Crippen molar-refractivity contribution in [3.63, 3.8) is 0 Å². The van der Waals surface area contributed by atoms with Gasteiger partial charge in [0.25, 0.3) is 5.91 Å². The van der Waals surface area contributed by atoms with Gasteiger partial charge in [0.15, 0.2) is 5.76 Å². The number of hydrogen-bond acceptors (Lipinski definition) is 4. The Bertz CT molecular complexity index is 1010. The van der Waals surface area contributed by atoms with Crippen molar-refractivity contribution in [2.24, 2.45) is 0 Å². The number of aryl methyl sites for hydroxylation is 1. The molecule has 0 atom stereocenters. The van der Waals surface area contributed by atoms with Crippen LogP contribution in [0.2, 0.25) is 5.02 Å². The van der Waals surface area contributed by atoms with Gasteiger partial charge in [0.2, 0.25) is 0 Å². The number of hydrogen-bond donors (Lipinski definition) is 1. The van der Waals surface area contributed by atoms with Gasteiger partial charge in [0.1, 0.15) is 11.4 Å². The molecule has 0 unspecified atom stereocenters. The third-order valence-corrected chi connectivity index (χ3v) is 5.62. The van der Waals surface area contributed by atoms with Crippen molar-refractivity contribution in [2.75, 3.05) is 44.2 Å². The molecule has 0 saturated carbocycles. The summed E-state index contributed by atoms with van der Waals surface area (Å²) in [6.07, 6.45) is 0. The van der Waals surface area contributed by atoms with Crippen molar-refractivity contribution in [2.45, 2.75) is 6.92 Å². The molecule has 1 aromatic heterocycles. The van der Waals surface area contributed by atoms with Crippen LogP contribution in [0.1, 0.15) is 16.1 Å². The summed E-state index contributed by atoms with van der Waals surface area (Å²) in [5, 5.41) is 4.43. The zero-order valence-corrected chi connectivity index (χ0v) is 17.0.